The maximum Gasteiger partial charge on any atom is 0.145 e. The van der Waals surface area contributed by atoms with Gasteiger partial charge in [-0.1, -0.05) is 76.0 Å². The van der Waals surface area contributed by atoms with Crippen LogP contribution < -0.4 is 0 Å². The summed E-state index contributed by atoms with van der Waals surface area (Å²) in [5.41, 5.74) is 3.68. The molecule has 0 amide bonds. The van der Waals surface area contributed by atoms with Crippen molar-refractivity contribution in [3.8, 4) is 23.7 Å². The van der Waals surface area contributed by atoms with Gasteiger partial charge in [-0.2, -0.15) is 0 Å². The highest BCUT2D eigenvalue weighted by atomic mass is 16.1. The van der Waals surface area contributed by atoms with Gasteiger partial charge in [0, 0.05) is 50.5 Å². The summed E-state index contributed by atoms with van der Waals surface area (Å²) in [6.07, 6.45) is 40.2. The Morgan fingerprint density at radius 2 is 0.956 bits per heavy atom. The molecule has 0 aromatic carbocycles. The molecule has 0 atom stereocenters. The molecule has 45 heavy (non-hydrogen) atoms. The van der Waals surface area contributed by atoms with Gasteiger partial charge < -0.3 is 0 Å². The van der Waals surface area contributed by atoms with Crippen molar-refractivity contribution in [2.45, 2.75) is 161 Å². The molecule has 2 aromatic rings. The van der Waals surface area contributed by atoms with Gasteiger partial charge >= 0.3 is 0 Å². The highest BCUT2D eigenvalue weighted by molar-refractivity contribution is 5.72. The molecule has 0 fully saturated rings. The number of allylic oxidation sites excluding steroid dienone is 2. The van der Waals surface area contributed by atoms with Crippen LogP contribution in [0.15, 0.2) is 60.7 Å². The van der Waals surface area contributed by atoms with E-state index >= 15 is 0 Å². The summed E-state index contributed by atoms with van der Waals surface area (Å²) in [4.78, 5) is 19.8. The molecule has 2 rings (SSSR count). The van der Waals surface area contributed by atoms with Gasteiger partial charge in [0.15, 0.2) is 0 Å². The molecular weight excluding hydrogens is 548 g/mol. The molecule has 0 radical (unpaired) electrons. The number of aryl methyl sites for hydroxylation is 2. The average Bonchev–Trinajstić information content (AvgIpc) is 3.08. The van der Waals surface area contributed by atoms with Crippen molar-refractivity contribution >= 4 is 6.29 Å². The molecule has 0 saturated carbocycles. The Bertz CT molecular complexity index is 1120. The Balaban J connectivity index is 1.30. The van der Waals surface area contributed by atoms with Crippen molar-refractivity contribution < 1.29 is 4.79 Å². The second-order valence-electron chi connectivity index (χ2n) is 12.4. The average molecular weight is 609 g/mol. The third kappa shape index (κ3) is 23.8. The van der Waals surface area contributed by atoms with Gasteiger partial charge in [-0.3, -0.25) is 14.8 Å². The van der Waals surface area contributed by atoms with Crippen LogP contribution >= 0.6 is 0 Å². The predicted molar refractivity (Wildman–Crippen MR) is 192 cm³/mol. The lowest BCUT2D eigenvalue weighted by Gasteiger charge is -2.01. The number of aromatic nitrogens is 2. The molecule has 0 aliphatic heterocycles. The number of unbranched alkanes of at least 4 members (excludes halogenated alkanes) is 18. The summed E-state index contributed by atoms with van der Waals surface area (Å²) >= 11 is 0. The first kappa shape index (κ1) is 38.0. The fraction of sp³-hybridized carbons (Fsp3) is 0.595. The summed E-state index contributed by atoms with van der Waals surface area (Å²) in [6, 6.07) is 8.39. The van der Waals surface area contributed by atoms with Gasteiger partial charge in [0.25, 0.3) is 0 Å². The first-order valence-electron chi connectivity index (χ1n) is 18.2. The smallest absolute Gasteiger partial charge is 0.145 e. The number of carbonyl (C=O) groups is 1. The largest absolute Gasteiger partial charge is 0.298 e. The van der Waals surface area contributed by atoms with Crippen LogP contribution in [0.4, 0.5) is 0 Å². The highest BCUT2D eigenvalue weighted by Crippen LogP contribution is 2.13. The third-order valence-electron chi connectivity index (χ3n) is 8.31. The summed E-state index contributed by atoms with van der Waals surface area (Å²) < 4.78 is 0. The monoisotopic (exact) mass is 608 g/mol. The molecule has 0 spiro atoms. The first-order valence-corrected chi connectivity index (χ1v) is 18.2. The first-order chi connectivity index (χ1) is 22.4. The Kier molecular flexibility index (Phi) is 25.0. The van der Waals surface area contributed by atoms with Crippen LogP contribution in [0.25, 0.3) is 0 Å². The van der Waals surface area contributed by atoms with Gasteiger partial charge in [-0.15, -0.1) is 23.7 Å². The summed E-state index contributed by atoms with van der Waals surface area (Å²) in [6.45, 7) is 0. The summed E-state index contributed by atoms with van der Waals surface area (Å²) in [7, 11) is 0. The number of rotatable bonds is 26. The van der Waals surface area contributed by atoms with Gasteiger partial charge in [0.05, 0.1) is 0 Å². The fourth-order valence-electron chi connectivity index (χ4n) is 5.52. The molecule has 2 aromatic heterocycles. The van der Waals surface area contributed by atoms with Gasteiger partial charge in [0.1, 0.15) is 6.29 Å². The molecule has 244 valence electrons. The minimum Gasteiger partial charge on any atom is -0.298 e. The Morgan fingerprint density at radius 1 is 0.533 bits per heavy atom. The summed E-state index contributed by atoms with van der Waals surface area (Å²) in [5, 5.41) is 0. The molecule has 0 bridgehead atoms. The second kappa shape index (κ2) is 29.5. The molecular formula is C42H60N2O. The van der Waals surface area contributed by atoms with E-state index in [4.69, 9.17) is 0 Å². The number of hydrogen-bond donors (Lipinski definition) is 0. The number of aldehydes is 1. The van der Waals surface area contributed by atoms with Crippen molar-refractivity contribution in [1.29, 1.82) is 0 Å². The topological polar surface area (TPSA) is 42.9 Å². The van der Waals surface area contributed by atoms with Crippen LogP contribution in [0.1, 0.15) is 159 Å². The lowest BCUT2D eigenvalue weighted by molar-refractivity contribution is -0.105. The van der Waals surface area contributed by atoms with Crippen molar-refractivity contribution in [2.24, 2.45) is 0 Å². The van der Waals surface area contributed by atoms with E-state index in [1.807, 2.05) is 36.9 Å². The van der Waals surface area contributed by atoms with Crippen LogP contribution in [0, 0.1) is 23.7 Å². The quantitative estimate of drug-likeness (QED) is 0.0462. The molecule has 3 nitrogen and oxygen atoms in total. The van der Waals surface area contributed by atoms with Crippen LogP contribution in [-0.4, -0.2) is 16.3 Å². The molecule has 0 unspecified atom stereocenters. The van der Waals surface area contributed by atoms with E-state index in [1.165, 1.54) is 101 Å². The van der Waals surface area contributed by atoms with Crippen LogP contribution in [0.3, 0.4) is 0 Å². The van der Waals surface area contributed by atoms with E-state index in [0.717, 1.165) is 82.5 Å². The number of carbonyl (C=O) groups excluding carboxylic acids is 1. The molecule has 0 aliphatic rings. The lowest BCUT2D eigenvalue weighted by atomic mass is 10.0. The fourth-order valence-corrected chi connectivity index (χ4v) is 5.52. The Hall–Kier alpha value is -3.17. The van der Waals surface area contributed by atoms with Crippen LogP contribution in [0.5, 0.6) is 0 Å². The van der Waals surface area contributed by atoms with Crippen molar-refractivity contribution in [3.63, 3.8) is 0 Å². The van der Waals surface area contributed by atoms with E-state index in [1.54, 1.807) is 0 Å². The van der Waals surface area contributed by atoms with Crippen LogP contribution in [0.2, 0.25) is 0 Å². The third-order valence-corrected chi connectivity index (χ3v) is 8.31. The SMILES string of the molecule is O=CC(=CCCCCCC#CCCCCCCCCc1cccnc1)CCCCC#CCCCCCCCCc1cccnc1. The maximum atomic E-state index is 11.4. The van der Waals surface area contributed by atoms with E-state index in [9.17, 15) is 4.79 Å². The van der Waals surface area contributed by atoms with Crippen LogP contribution in [-0.2, 0) is 17.6 Å². The minimum absolute atomic E-state index is 0.892. The Labute approximate surface area is 276 Å². The van der Waals surface area contributed by atoms with E-state index in [0.29, 0.717) is 0 Å². The number of pyridine rings is 2. The Morgan fingerprint density at radius 3 is 1.40 bits per heavy atom. The number of hydrogen-bond acceptors (Lipinski definition) is 3. The van der Waals surface area contributed by atoms with Crippen molar-refractivity contribution in [3.05, 3.63) is 71.8 Å². The highest BCUT2D eigenvalue weighted by Gasteiger charge is 1.97. The molecule has 2 heterocycles. The molecule has 3 heteroatoms. The van der Waals surface area contributed by atoms with Gasteiger partial charge in [-0.05, 0) is 106 Å². The zero-order valence-corrected chi connectivity index (χ0v) is 28.3. The van der Waals surface area contributed by atoms with E-state index in [-0.39, 0.29) is 0 Å². The van der Waals surface area contributed by atoms with Gasteiger partial charge in [0.2, 0.25) is 0 Å². The molecule has 0 aliphatic carbocycles. The minimum atomic E-state index is 0.892. The molecule has 0 N–H and O–H groups in total. The summed E-state index contributed by atoms with van der Waals surface area (Å²) in [5.74, 6) is 13.4. The van der Waals surface area contributed by atoms with E-state index in [2.05, 4.69) is 51.9 Å². The zero-order valence-electron chi connectivity index (χ0n) is 28.3. The maximum absolute atomic E-state index is 11.4. The van der Waals surface area contributed by atoms with Crippen molar-refractivity contribution in [1.82, 2.24) is 9.97 Å². The normalized spacial score (nSPS) is 11.0. The predicted octanol–water partition coefficient (Wildman–Crippen LogP) is 11.4. The van der Waals surface area contributed by atoms with Crippen molar-refractivity contribution in [2.75, 3.05) is 0 Å². The zero-order chi connectivity index (χ0) is 31.7. The molecule has 0 saturated heterocycles. The lowest BCUT2D eigenvalue weighted by Crippen LogP contribution is -1.87. The van der Waals surface area contributed by atoms with Gasteiger partial charge in [-0.25, -0.2) is 0 Å². The second-order valence-corrected chi connectivity index (χ2v) is 12.4. The number of nitrogens with zero attached hydrogens (tertiary/aromatic N) is 2. The van der Waals surface area contributed by atoms with E-state index < -0.39 is 0 Å². The standard InChI is InChI=1S/C42H60N2O/c45-39-42(32-26-22-18-14-10-6-5-8-12-16-20-24-30-41-34-28-36-44-38-41)31-25-21-17-13-9-4-2-1-3-7-11-15-19-23-29-40-33-27-35-43-37-40/h27-28,31,33-39H,1,3,5-9,11-13,15-26,29-30,32H2.